The highest BCUT2D eigenvalue weighted by atomic mass is 35.5. The minimum atomic E-state index is -3.08. The average molecular weight is 304 g/mol. The summed E-state index contributed by atoms with van der Waals surface area (Å²) in [4.78, 5) is 13.8. The first kappa shape index (κ1) is 14.1. The summed E-state index contributed by atoms with van der Waals surface area (Å²) in [7, 11) is -3.08. The van der Waals surface area contributed by atoms with Crippen LogP contribution < -0.4 is 0 Å². The molecule has 0 radical (unpaired) electrons. The summed E-state index contributed by atoms with van der Waals surface area (Å²) in [6.07, 6.45) is 0. The zero-order valence-electron chi connectivity index (χ0n) is 10.3. The van der Waals surface area contributed by atoms with Crippen LogP contribution in [0.3, 0.4) is 0 Å². The summed E-state index contributed by atoms with van der Waals surface area (Å²) in [6, 6.07) is 3.80. The van der Waals surface area contributed by atoms with Crippen molar-refractivity contribution in [3.8, 4) is 5.75 Å². The lowest BCUT2D eigenvalue weighted by atomic mass is 10.1. The van der Waals surface area contributed by atoms with Crippen molar-refractivity contribution in [1.29, 1.82) is 0 Å². The predicted molar refractivity (Wildman–Crippen MR) is 72.3 cm³/mol. The lowest BCUT2D eigenvalue weighted by Gasteiger charge is -2.33. The van der Waals surface area contributed by atoms with Gasteiger partial charge in [-0.2, -0.15) is 0 Å². The molecule has 1 N–H and O–H groups in total. The van der Waals surface area contributed by atoms with Crippen LogP contribution in [0.15, 0.2) is 18.2 Å². The van der Waals surface area contributed by atoms with E-state index >= 15 is 0 Å². The van der Waals surface area contributed by atoms with Crippen molar-refractivity contribution in [2.24, 2.45) is 0 Å². The number of benzene rings is 1. The van der Waals surface area contributed by atoms with Gasteiger partial charge in [0.05, 0.1) is 17.1 Å². The minimum absolute atomic E-state index is 0.0512. The number of aromatic hydroxyl groups is 1. The third kappa shape index (κ3) is 3.01. The average Bonchev–Trinajstić information content (AvgIpc) is 2.30. The zero-order valence-corrected chi connectivity index (χ0v) is 11.9. The Labute approximate surface area is 116 Å². The van der Waals surface area contributed by atoms with Crippen LogP contribution in [0.2, 0.25) is 5.02 Å². The van der Waals surface area contributed by atoms with Gasteiger partial charge >= 0.3 is 0 Å². The molecule has 0 spiro atoms. The first-order valence-electron chi connectivity index (χ1n) is 5.80. The summed E-state index contributed by atoms with van der Waals surface area (Å²) >= 11 is 5.80. The van der Waals surface area contributed by atoms with Crippen LogP contribution >= 0.6 is 11.6 Å². The molecule has 0 saturated carbocycles. The third-order valence-corrected chi connectivity index (χ3v) is 5.15. The van der Waals surface area contributed by atoms with Crippen molar-refractivity contribution in [3.05, 3.63) is 28.8 Å². The zero-order chi connectivity index (χ0) is 14.2. The first-order chi connectivity index (χ1) is 8.80. The Kier molecular flexibility index (Phi) is 3.73. The van der Waals surface area contributed by atoms with Gasteiger partial charge in [0.15, 0.2) is 9.84 Å². The molecule has 19 heavy (non-hydrogen) atoms. The topological polar surface area (TPSA) is 74.7 Å². The van der Waals surface area contributed by atoms with Gasteiger partial charge in [-0.05, 0) is 25.1 Å². The number of nitrogens with zero attached hydrogens (tertiary/aromatic N) is 1. The van der Waals surface area contributed by atoms with Crippen LogP contribution in [0.4, 0.5) is 0 Å². The van der Waals surface area contributed by atoms with E-state index in [-0.39, 0.29) is 29.4 Å². The Morgan fingerprint density at radius 3 is 2.79 bits per heavy atom. The van der Waals surface area contributed by atoms with Gasteiger partial charge in [-0.1, -0.05) is 11.6 Å². The second-order valence-corrected chi connectivity index (χ2v) is 7.29. The number of phenols is 1. The van der Waals surface area contributed by atoms with Gasteiger partial charge in [0.2, 0.25) is 0 Å². The maximum absolute atomic E-state index is 12.3. The normalized spacial score (nSPS) is 22.2. The van der Waals surface area contributed by atoms with Gasteiger partial charge in [-0.25, -0.2) is 8.42 Å². The summed E-state index contributed by atoms with van der Waals surface area (Å²) in [6.45, 7) is 1.81. The molecule has 1 unspecified atom stereocenters. The number of carbonyl (C=O) groups is 1. The largest absolute Gasteiger partial charge is 0.507 e. The highest BCUT2D eigenvalue weighted by Crippen LogP contribution is 2.25. The Balaban J connectivity index is 2.27. The fourth-order valence-corrected chi connectivity index (χ4v) is 3.86. The van der Waals surface area contributed by atoms with E-state index in [1.54, 1.807) is 6.92 Å². The van der Waals surface area contributed by atoms with Crippen molar-refractivity contribution in [2.45, 2.75) is 13.0 Å². The molecule has 7 heteroatoms. The molecule has 1 amide bonds. The Morgan fingerprint density at radius 2 is 2.16 bits per heavy atom. The molecule has 1 fully saturated rings. The molecular weight excluding hydrogens is 290 g/mol. The monoisotopic (exact) mass is 303 g/mol. The molecule has 0 aliphatic carbocycles. The summed E-state index contributed by atoms with van der Waals surface area (Å²) in [5.41, 5.74) is 0.0960. The Bertz CT molecular complexity index is 614. The van der Waals surface area contributed by atoms with E-state index in [2.05, 4.69) is 0 Å². The van der Waals surface area contributed by atoms with Crippen LogP contribution in [0.25, 0.3) is 0 Å². The number of carbonyl (C=O) groups excluding carboxylic acids is 1. The maximum Gasteiger partial charge on any atom is 0.257 e. The molecule has 1 heterocycles. The van der Waals surface area contributed by atoms with Gasteiger partial charge in [-0.3, -0.25) is 4.79 Å². The third-order valence-electron chi connectivity index (χ3n) is 3.12. The summed E-state index contributed by atoms with van der Waals surface area (Å²) < 4.78 is 23.0. The molecule has 1 aromatic rings. The molecule has 0 aromatic heterocycles. The van der Waals surface area contributed by atoms with Crippen molar-refractivity contribution >= 4 is 27.3 Å². The molecule has 2 rings (SSSR count). The minimum Gasteiger partial charge on any atom is -0.507 e. The highest BCUT2D eigenvalue weighted by molar-refractivity contribution is 7.91. The van der Waals surface area contributed by atoms with Crippen LogP contribution in [-0.4, -0.2) is 48.4 Å². The Morgan fingerprint density at radius 1 is 1.47 bits per heavy atom. The number of halogens is 1. The van der Waals surface area contributed by atoms with Crippen molar-refractivity contribution < 1.29 is 18.3 Å². The summed E-state index contributed by atoms with van der Waals surface area (Å²) in [5, 5.41) is 10.0. The maximum atomic E-state index is 12.3. The molecule has 1 aromatic carbocycles. The fraction of sp³-hybridized carbons (Fsp3) is 0.417. The van der Waals surface area contributed by atoms with Crippen LogP contribution in [-0.2, 0) is 9.84 Å². The van der Waals surface area contributed by atoms with Crippen molar-refractivity contribution in [3.63, 3.8) is 0 Å². The van der Waals surface area contributed by atoms with E-state index in [9.17, 15) is 18.3 Å². The Hall–Kier alpha value is -1.27. The smallest absolute Gasteiger partial charge is 0.257 e. The number of hydrogen-bond acceptors (Lipinski definition) is 4. The van der Waals surface area contributed by atoms with Gasteiger partial charge in [-0.15, -0.1) is 0 Å². The molecule has 5 nitrogen and oxygen atoms in total. The summed E-state index contributed by atoms with van der Waals surface area (Å²) in [5.74, 6) is -0.665. The van der Waals surface area contributed by atoms with Gasteiger partial charge in [0, 0.05) is 17.6 Å². The highest BCUT2D eigenvalue weighted by Gasteiger charge is 2.32. The molecule has 1 atom stereocenters. The quantitative estimate of drug-likeness (QED) is 0.848. The first-order valence-corrected chi connectivity index (χ1v) is 8.00. The van der Waals surface area contributed by atoms with Gasteiger partial charge < -0.3 is 10.0 Å². The lowest BCUT2D eigenvalue weighted by Crippen LogP contribution is -2.49. The predicted octanol–water partition coefficient (Wildman–Crippen LogP) is 1.30. The fourth-order valence-electron chi connectivity index (χ4n) is 2.13. The van der Waals surface area contributed by atoms with Crippen molar-refractivity contribution in [1.82, 2.24) is 4.90 Å². The number of hydrogen-bond donors (Lipinski definition) is 1. The molecule has 1 saturated heterocycles. The SMILES string of the molecule is CC1CS(=O)(=O)CCN1C(=O)c1cc(Cl)ccc1O. The number of rotatable bonds is 1. The van der Waals surface area contributed by atoms with E-state index in [1.165, 1.54) is 23.1 Å². The number of sulfone groups is 1. The lowest BCUT2D eigenvalue weighted by molar-refractivity contribution is 0.0709. The molecule has 1 aliphatic rings. The molecule has 0 bridgehead atoms. The second kappa shape index (κ2) is 5.02. The van der Waals surface area contributed by atoms with Gasteiger partial charge in [0.25, 0.3) is 5.91 Å². The second-order valence-electron chi connectivity index (χ2n) is 4.62. The standard InChI is InChI=1S/C12H14ClNO4S/c1-8-7-19(17,18)5-4-14(8)12(16)10-6-9(13)2-3-11(10)15/h2-3,6,8,15H,4-5,7H2,1H3. The van der Waals surface area contributed by atoms with Crippen LogP contribution in [0, 0.1) is 0 Å². The van der Waals surface area contributed by atoms with E-state index in [0.717, 1.165) is 0 Å². The van der Waals surface area contributed by atoms with E-state index in [0.29, 0.717) is 5.02 Å². The molecular formula is C12H14ClNO4S. The molecule has 104 valence electrons. The number of amides is 1. The van der Waals surface area contributed by atoms with E-state index < -0.39 is 21.8 Å². The van der Waals surface area contributed by atoms with Crippen LogP contribution in [0.5, 0.6) is 5.75 Å². The van der Waals surface area contributed by atoms with E-state index in [1.807, 2.05) is 0 Å². The van der Waals surface area contributed by atoms with E-state index in [4.69, 9.17) is 11.6 Å². The van der Waals surface area contributed by atoms with Gasteiger partial charge in [0.1, 0.15) is 5.75 Å². The number of phenolic OH excluding ortho intramolecular Hbond substituents is 1. The van der Waals surface area contributed by atoms with Crippen molar-refractivity contribution in [2.75, 3.05) is 18.1 Å². The molecule has 1 aliphatic heterocycles. The van der Waals surface area contributed by atoms with Crippen LogP contribution in [0.1, 0.15) is 17.3 Å².